The van der Waals surface area contributed by atoms with E-state index in [9.17, 15) is 55.9 Å². The summed E-state index contributed by atoms with van der Waals surface area (Å²) in [7, 11) is 0. The van der Waals surface area contributed by atoms with Crippen molar-refractivity contribution in [2.75, 3.05) is 13.2 Å². The lowest BCUT2D eigenvalue weighted by atomic mass is 9.85. The number of aromatic hydroxyl groups is 3. The number of hydrogen-bond acceptors (Lipinski definition) is 14. The van der Waals surface area contributed by atoms with Crippen molar-refractivity contribution in [1.82, 2.24) is 0 Å². The molecule has 0 amide bonds. The highest BCUT2D eigenvalue weighted by molar-refractivity contribution is 5.92. The van der Waals surface area contributed by atoms with Crippen LogP contribution in [0.25, 0.3) is 22.3 Å². The van der Waals surface area contributed by atoms with Gasteiger partial charge in [0.05, 0.1) is 24.3 Å². The Kier molecular flexibility index (Phi) is 7.47. The lowest BCUT2D eigenvalue weighted by Gasteiger charge is -2.41. The smallest absolute Gasteiger partial charge is 0.197 e. The summed E-state index contributed by atoms with van der Waals surface area (Å²) < 4.78 is 16.9. The molecule has 3 heterocycles. The highest BCUT2D eigenvalue weighted by atomic mass is 16.5. The second-order valence-corrected chi connectivity index (χ2v) is 9.80. The molecule has 2 aliphatic heterocycles. The lowest BCUT2D eigenvalue weighted by Crippen LogP contribution is -2.55. The predicted molar refractivity (Wildman–Crippen MR) is 132 cm³/mol. The summed E-state index contributed by atoms with van der Waals surface area (Å²) in [5.74, 6) is -2.00. The second kappa shape index (κ2) is 10.6. The average molecular weight is 564 g/mol. The number of fused-ring (bicyclic) bond motifs is 1. The van der Waals surface area contributed by atoms with Gasteiger partial charge in [-0.15, -0.1) is 0 Å². The predicted octanol–water partition coefficient (Wildman–Crippen LogP) is -1.75. The Morgan fingerprint density at radius 1 is 0.775 bits per heavy atom. The molecule has 1 aromatic heterocycles. The number of aliphatic hydroxyl groups excluding tert-OH is 7. The number of ether oxygens (including phenoxy) is 2. The molecule has 5 rings (SSSR count). The Morgan fingerprint density at radius 3 is 2.08 bits per heavy atom. The van der Waals surface area contributed by atoms with Crippen LogP contribution in [0.5, 0.6) is 17.2 Å². The molecular weight excluding hydrogens is 536 g/mol. The molecule has 216 valence electrons. The van der Waals surface area contributed by atoms with Crippen molar-refractivity contribution in [3.63, 3.8) is 0 Å². The number of rotatable bonds is 4. The molecule has 0 bridgehead atoms. The standard InChI is InChI=1S/C26H28O14/c27-6-13-18(32)21(35)23(37)26(40-13)16-20(34)15(25-22(36)17(31)11(30)7-38-25)19(33)14-10(29)5-12(39-24(14)16)8-1-3-9(28)4-2-8/h1-5,11,13,17-18,21-23,25-28,30-37H,6-7H2/t11-,13-,17+,18+,21+,22-,23-,25+,26+/m1/s1. The molecule has 40 heavy (non-hydrogen) atoms. The molecule has 0 radical (unpaired) electrons. The minimum atomic E-state index is -1.96. The van der Waals surface area contributed by atoms with E-state index in [0.29, 0.717) is 5.56 Å². The van der Waals surface area contributed by atoms with E-state index in [0.717, 1.165) is 6.07 Å². The molecule has 14 heteroatoms. The summed E-state index contributed by atoms with van der Waals surface area (Å²) in [6, 6.07) is 6.47. The van der Waals surface area contributed by atoms with Crippen LogP contribution in [0.1, 0.15) is 23.3 Å². The fourth-order valence-electron chi connectivity index (χ4n) is 5.11. The van der Waals surface area contributed by atoms with E-state index in [1.165, 1.54) is 24.3 Å². The van der Waals surface area contributed by atoms with Crippen LogP contribution in [0.2, 0.25) is 0 Å². The lowest BCUT2D eigenvalue weighted by molar-refractivity contribution is -0.231. The zero-order valence-corrected chi connectivity index (χ0v) is 20.6. The molecule has 2 saturated heterocycles. The minimum Gasteiger partial charge on any atom is -0.508 e. The van der Waals surface area contributed by atoms with E-state index in [1.54, 1.807) is 0 Å². The van der Waals surface area contributed by atoms with Crippen LogP contribution in [-0.2, 0) is 9.47 Å². The van der Waals surface area contributed by atoms with E-state index < -0.39 is 107 Å². The molecule has 2 aliphatic rings. The number of aliphatic hydroxyl groups is 7. The number of benzene rings is 2. The van der Waals surface area contributed by atoms with Gasteiger partial charge in [0, 0.05) is 11.6 Å². The fraction of sp³-hybridized carbons (Fsp3) is 0.423. The molecule has 2 fully saturated rings. The van der Waals surface area contributed by atoms with Crippen LogP contribution in [0.15, 0.2) is 39.5 Å². The van der Waals surface area contributed by atoms with Gasteiger partial charge in [0.15, 0.2) is 11.0 Å². The molecular formula is C26H28O14. The average Bonchev–Trinajstić information content (AvgIpc) is 2.92. The van der Waals surface area contributed by atoms with Crippen LogP contribution in [-0.4, -0.2) is 107 Å². The van der Waals surface area contributed by atoms with Crippen molar-refractivity contribution in [2.45, 2.75) is 54.9 Å². The van der Waals surface area contributed by atoms with E-state index in [4.69, 9.17) is 13.9 Å². The van der Waals surface area contributed by atoms with Crippen molar-refractivity contribution in [1.29, 1.82) is 0 Å². The Labute approximate surface area is 224 Å². The van der Waals surface area contributed by atoms with Crippen LogP contribution in [0.3, 0.4) is 0 Å². The van der Waals surface area contributed by atoms with Gasteiger partial charge in [-0.25, -0.2) is 0 Å². The summed E-state index contributed by atoms with van der Waals surface area (Å²) in [5, 5.41) is 104. The maximum absolute atomic E-state index is 13.4. The largest absolute Gasteiger partial charge is 0.508 e. The van der Waals surface area contributed by atoms with Crippen molar-refractivity contribution in [3.8, 4) is 28.6 Å². The highest BCUT2D eigenvalue weighted by Gasteiger charge is 2.48. The Balaban J connectivity index is 1.81. The molecule has 0 spiro atoms. The van der Waals surface area contributed by atoms with Crippen LogP contribution < -0.4 is 5.43 Å². The first-order valence-electron chi connectivity index (χ1n) is 12.3. The Morgan fingerprint density at radius 2 is 1.43 bits per heavy atom. The number of hydrogen-bond donors (Lipinski definition) is 10. The van der Waals surface area contributed by atoms with Gasteiger partial charge in [-0.05, 0) is 24.3 Å². The van der Waals surface area contributed by atoms with Gasteiger partial charge < -0.3 is 65.0 Å². The van der Waals surface area contributed by atoms with Crippen molar-refractivity contribution >= 4 is 11.0 Å². The molecule has 0 unspecified atom stereocenters. The molecule has 3 aromatic rings. The van der Waals surface area contributed by atoms with E-state index in [2.05, 4.69) is 0 Å². The third-order valence-corrected chi connectivity index (χ3v) is 7.31. The second-order valence-electron chi connectivity index (χ2n) is 9.80. The SMILES string of the molecule is O=c1cc(-c2ccc(O)cc2)oc2c([C@@H]3O[C@H](CO)[C@H](O)[C@H](O)[C@H]3O)c(O)c([C@@H]3OC[C@@H](O)[C@H](O)[C@H]3O)c(O)c12. The molecule has 0 aliphatic carbocycles. The summed E-state index contributed by atoms with van der Waals surface area (Å²) >= 11 is 0. The van der Waals surface area contributed by atoms with Gasteiger partial charge in [0.1, 0.15) is 83.3 Å². The van der Waals surface area contributed by atoms with Gasteiger partial charge in [-0.3, -0.25) is 4.79 Å². The molecule has 0 saturated carbocycles. The monoisotopic (exact) mass is 564 g/mol. The third-order valence-electron chi connectivity index (χ3n) is 7.31. The van der Waals surface area contributed by atoms with E-state index in [1.807, 2.05) is 0 Å². The Hall–Kier alpha value is -3.31. The van der Waals surface area contributed by atoms with Crippen molar-refractivity contribution < 1.29 is 65.0 Å². The normalized spacial score (nSPS) is 32.8. The zero-order chi connectivity index (χ0) is 29.0. The molecule has 14 nitrogen and oxygen atoms in total. The van der Waals surface area contributed by atoms with Crippen LogP contribution in [0, 0.1) is 0 Å². The van der Waals surface area contributed by atoms with Crippen LogP contribution >= 0.6 is 0 Å². The van der Waals surface area contributed by atoms with Crippen molar-refractivity contribution in [3.05, 3.63) is 51.7 Å². The van der Waals surface area contributed by atoms with Crippen LogP contribution in [0.4, 0.5) is 0 Å². The third kappa shape index (κ3) is 4.49. The maximum Gasteiger partial charge on any atom is 0.197 e. The minimum absolute atomic E-state index is 0.0767. The topological polar surface area (TPSA) is 251 Å². The maximum atomic E-state index is 13.4. The molecule has 10 N–H and O–H groups in total. The highest BCUT2D eigenvalue weighted by Crippen LogP contribution is 2.50. The summed E-state index contributed by atoms with van der Waals surface area (Å²) in [4.78, 5) is 13.4. The Bertz CT molecular complexity index is 1450. The van der Waals surface area contributed by atoms with Gasteiger partial charge >= 0.3 is 0 Å². The van der Waals surface area contributed by atoms with E-state index >= 15 is 0 Å². The van der Waals surface area contributed by atoms with Gasteiger partial charge in [-0.2, -0.15) is 0 Å². The first-order valence-corrected chi connectivity index (χ1v) is 12.3. The first kappa shape index (κ1) is 28.2. The fourth-order valence-corrected chi connectivity index (χ4v) is 5.11. The van der Waals surface area contributed by atoms with Gasteiger partial charge in [0.25, 0.3) is 0 Å². The van der Waals surface area contributed by atoms with Gasteiger partial charge in [-0.1, -0.05) is 0 Å². The number of phenolic OH excluding ortho intramolecular Hbond substituents is 3. The van der Waals surface area contributed by atoms with E-state index in [-0.39, 0.29) is 11.5 Å². The zero-order valence-electron chi connectivity index (χ0n) is 20.6. The first-order chi connectivity index (χ1) is 19.0. The summed E-state index contributed by atoms with van der Waals surface area (Å²) in [5.41, 5.74) is -2.19. The summed E-state index contributed by atoms with van der Waals surface area (Å²) in [6.45, 7) is -1.34. The number of phenols is 3. The molecule has 2 aromatic carbocycles. The quantitative estimate of drug-likeness (QED) is 0.169. The summed E-state index contributed by atoms with van der Waals surface area (Å²) in [6.07, 6.45) is -15.7. The molecule has 9 atom stereocenters. The van der Waals surface area contributed by atoms with Gasteiger partial charge in [0.2, 0.25) is 0 Å². The van der Waals surface area contributed by atoms with Crippen molar-refractivity contribution in [2.24, 2.45) is 0 Å².